The van der Waals surface area contributed by atoms with Gasteiger partial charge in [-0.05, 0) is 48.0 Å². The van der Waals surface area contributed by atoms with Gasteiger partial charge in [0.25, 0.3) is 10.0 Å². The van der Waals surface area contributed by atoms with Crippen LogP contribution in [0.15, 0.2) is 90.3 Å². The second kappa shape index (κ2) is 11.4. The summed E-state index contributed by atoms with van der Waals surface area (Å²) < 4.78 is 58.5. The fourth-order valence-electron chi connectivity index (χ4n) is 3.25. The maximum atomic E-state index is 14.8. The first kappa shape index (κ1) is 26.2. The monoisotopic (exact) mass is 533 g/mol. The molecule has 0 radical (unpaired) electrons. The largest absolute Gasteiger partial charge is 0.326 e. The molecule has 1 aromatic heterocycles. The van der Waals surface area contributed by atoms with Gasteiger partial charge in [0.15, 0.2) is 0 Å². The van der Waals surface area contributed by atoms with E-state index in [9.17, 15) is 17.2 Å². The van der Waals surface area contributed by atoms with Crippen molar-refractivity contribution in [2.24, 2.45) is 0 Å². The highest BCUT2D eigenvalue weighted by Gasteiger charge is 2.28. The molecule has 0 amide bonds. The summed E-state index contributed by atoms with van der Waals surface area (Å²) in [5.74, 6) is 4.40. The van der Waals surface area contributed by atoms with Crippen LogP contribution in [0.25, 0.3) is 0 Å². The lowest BCUT2D eigenvalue weighted by Crippen LogP contribution is -2.31. The number of hydrogen-bond acceptors (Lipinski definition) is 3. The molecule has 1 heterocycles. The molecule has 0 spiro atoms. The van der Waals surface area contributed by atoms with Crippen molar-refractivity contribution in [2.75, 3.05) is 4.31 Å². The normalized spacial score (nSPS) is 10.7. The van der Waals surface area contributed by atoms with E-state index in [1.54, 1.807) is 47.6 Å². The Hall–Kier alpha value is -3.38. The van der Waals surface area contributed by atoms with Crippen molar-refractivity contribution in [3.8, 4) is 11.8 Å². The predicted octanol–water partition coefficient (Wildman–Crippen LogP) is 5.68. The Bertz CT molecular complexity index is 1470. The fourth-order valence-corrected chi connectivity index (χ4v) is 4.82. The number of hydrogen-bond donors (Lipinski definition) is 0. The van der Waals surface area contributed by atoms with Gasteiger partial charge in [-0.2, -0.15) is 0 Å². The van der Waals surface area contributed by atoms with Crippen LogP contribution in [0.1, 0.15) is 11.1 Å². The Kier molecular flexibility index (Phi) is 8.52. The summed E-state index contributed by atoms with van der Waals surface area (Å²) in [6.07, 6.45) is 5.05. The van der Waals surface area contributed by atoms with Crippen molar-refractivity contribution in [1.82, 2.24) is 9.55 Å². The van der Waals surface area contributed by atoms with E-state index in [1.165, 1.54) is 24.3 Å². The van der Waals surface area contributed by atoms with Crippen LogP contribution in [0, 0.1) is 23.5 Å². The van der Waals surface area contributed by atoms with Gasteiger partial charge in [-0.1, -0.05) is 41.6 Å². The smallest absolute Gasteiger partial charge is 0.264 e. The van der Waals surface area contributed by atoms with Crippen LogP contribution in [0.2, 0.25) is 5.02 Å². The molecule has 35 heavy (non-hydrogen) atoms. The van der Waals surface area contributed by atoms with Crippen molar-refractivity contribution < 1.29 is 17.2 Å². The maximum Gasteiger partial charge on any atom is 0.264 e. The van der Waals surface area contributed by atoms with Crippen molar-refractivity contribution in [3.05, 3.63) is 113 Å². The van der Waals surface area contributed by atoms with Gasteiger partial charge in [0, 0.05) is 29.0 Å². The Labute approximate surface area is 213 Å². The molecule has 180 valence electrons. The number of anilines is 1. The Morgan fingerprint density at radius 3 is 2.49 bits per heavy atom. The summed E-state index contributed by atoms with van der Waals surface area (Å²) in [5, 5.41) is 0.348. The lowest BCUT2D eigenvalue weighted by atomic mass is 10.1. The molecule has 0 saturated carbocycles. The number of benzene rings is 3. The Balaban J connectivity index is 0.00000342. The first-order valence-corrected chi connectivity index (χ1v) is 11.9. The number of imidazole rings is 1. The minimum absolute atomic E-state index is 0. The second-order valence-corrected chi connectivity index (χ2v) is 9.55. The third-order valence-electron chi connectivity index (χ3n) is 4.95. The molecule has 0 aliphatic rings. The van der Waals surface area contributed by atoms with Crippen molar-refractivity contribution in [2.45, 2.75) is 18.0 Å². The highest BCUT2D eigenvalue weighted by molar-refractivity contribution is 7.92. The molecule has 0 bridgehead atoms. The van der Waals surface area contributed by atoms with Crippen molar-refractivity contribution in [1.29, 1.82) is 0 Å². The molecule has 4 rings (SSSR count). The van der Waals surface area contributed by atoms with E-state index in [0.29, 0.717) is 22.7 Å². The molecule has 0 fully saturated rings. The first-order chi connectivity index (χ1) is 16.3. The Morgan fingerprint density at radius 1 is 1.03 bits per heavy atom. The lowest BCUT2D eigenvalue weighted by molar-refractivity contribution is 0.580. The van der Waals surface area contributed by atoms with Gasteiger partial charge in [0.1, 0.15) is 11.6 Å². The van der Waals surface area contributed by atoms with Crippen LogP contribution in [0.3, 0.4) is 0 Å². The van der Waals surface area contributed by atoms with Crippen LogP contribution in [0.5, 0.6) is 0 Å². The van der Waals surface area contributed by atoms with Crippen LogP contribution in [-0.2, 0) is 23.1 Å². The van der Waals surface area contributed by atoms with Gasteiger partial charge < -0.3 is 4.57 Å². The van der Waals surface area contributed by atoms with E-state index >= 15 is 0 Å². The average Bonchev–Trinajstić information content (AvgIpc) is 3.34. The van der Waals surface area contributed by atoms with Gasteiger partial charge in [-0.15, -0.1) is 12.4 Å². The maximum absolute atomic E-state index is 14.8. The highest BCUT2D eigenvalue weighted by atomic mass is 35.5. The third kappa shape index (κ3) is 6.20. The van der Waals surface area contributed by atoms with Gasteiger partial charge in [-0.25, -0.2) is 22.2 Å². The van der Waals surface area contributed by atoms with Crippen molar-refractivity contribution in [3.63, 3.8) is 0 Å². The van der Waals surface area contributed by atoms with Gasteiger partial charge >= 0.3 is 0 Å². The third-order valence-corrected chi connectivity index (χ3v) is 6.98. The Morgan fingerprint density at radius 2 is 1.77 bits per heavy atom. The van der Waals surface area contributed by atoms with Crippen LogP contribution in [-0.4, -0.2) is 18.0 Å². The molecule has 10 heteroatoms. The van der Waals surface area contributed by atoms with Gasteiger partial charge in [-0.3, -0.25) is 4.31 Å². The molecule has 4 aromatic rings. The summed E-state index contributed by atoms with van der Waals surface area (Å²) in [7, 11) is -4.27. The zero-order chi connectivity index (χ0) is 24.1. The molecule has 5 nitrogen and oxygen atoms in total. The molecule has 3 aromatic carbocycles. The van der Waals surface area contributed by atoms with Crippen LogP contribution in [0.4, 0.5) is 14.5 Å². The van der Waals surface area contributed by atoms with Crippen molar-refractivity contribution >= 4 is 39.7 Å². The highest BCUT2D eigenvalue weighted by Crippen LogP contribution is 2.30. The van der Waals surface area contributed by atoms with Gasteiger partial charge in [0.2, 0.25) is 0 Å². The molecular formula is C25H19Cl2F2N3O2S. The van der Waals surface area contributed by atoms with E-state index in [0.717, 1.165) is 22.5 Å². The number of halogens is 4. The fraction of sp³-hybridized carbons (Fsp3) is 0.0800. The van der Waals surface area contributed by atoms with Gasteiger partial charge in [0.05, 0.1) is 30.0 Å². The number of nitrogens with zero attached hydrogens (tertiary/aromatic N) is 3. The van der Waals surface area contributed by atoms with Crippen LogP contribution >= 0.6 is 24.0 Å². The quantitative estimate of drug-likeness (QED) is 0.299. The summed E-state index contributed by atoms with van der Waals surface area (Å²) in [4.78, 5) is 3.86. The molecule has 0 aliphatic carbocycles. The van der Waals surface area contributed by atoms with E-state index in [1.807, 2.05) is 0 Å². The molecule has 0 unspecified atom stereocenters. The summed E-state index contributed by atoms with van der Waals surface area (Å²) in [6, 6.07) is 15.1. The zero-order valence-corrected chi connectivity index (χ0v) is 20.5. The second-order valence-electron chi connectivity index (χ2n) is 7.26. The summed E-state index contributed by atoms with van der Waals surface area (Å²) in [6.45, 7) is 0.126. The van der Waals surface area contributed by atoms with E-state index in [2.05, 4.69) is 16.8 Å². The summed E-state index contributed by atoms with van der Waals surface area (Å²) >= 11 is 5.90. The van der Waals surface area contributed by atoms with E-state index in [-0.39, 0.29) is 23.8 Å². The number of sulfonamides is 1. The minimum Gasteiger partial charge on any atom is -0.326 e. The molecule has 0 saturated heterocycles. The first-order valence-electron chi connectivity index (χ1n) is 10.1. The average molecular weight is 534 g/mol. The zero-order valence-electron chi connectivity index (χ0n) is 18.1. The summed E-state index contributed by atoms with van der Waals surface area (Å²) in [5.41, 5.74) is 0.689. The predicted molar refractivity (Wildman–Crippen MR) is 134 cm³/mol. The van der Waals surface area contributed by atoms with E-state index < -0.39 is 27.3 Å². The standard InChI is InChI=1S/C25H18ClF2N3O2S.ClH/c26-21-7-10-23(11-8-21)34(32,33)31(25-16-22(27)9-12-24(25)28)17-20-5-2-1-4-19(20)6-3-14-30-15-13-29-18-30;/h1-2,4-5,7-13,15-16,18H,14,17H2;1H. The number of aromatic nitrogens is 2. The van der Waals surface area contributed by atoms with E-state index in [4.69, 9.17) is 11.6 Å². The minimum atomic E-state index is -4.27. The number of rotatable bonds is 6. The molecular weight excluding hydrogens is 515 g/mol. The molecule has 0 atom stereocenters. The lowest BCUT2D eigenvalue weighted by Gasteiger charge is -2.25. The van der Waals surface area contributed by atoms with Crippen LogP contribution < -0.4 is 4.31 Å². The molecule has 0 N–H and O–H groups in total. The molecule has 0 aliphatic heterocycles. The topological polar surface area (TPSA) is 55.2 Å². The SMILES string of the molecule is Cl.O=S(=O)(c1ccc(Cl)cc1)N(Cc1ccccc1C#CCn1ccnc1)c1cc(F)ccc1F.